The van der Waals surface area contributed by atoms with Crippen molar-refractivity contribution in [3.63, 3.8) is 0 Å². The lowest BCUT2D eigenvalue weighted by atomic mass is 9.82. The molecule has 4 rings (SSSR count). The molecule has 0 aliphatic carbocycles. The van der Waals surface area contributed by atoms with Crippen LogP contribution in [0.5, 0.6) is 0 Å². The number of pyridine rings is 2. The third kappa shape index (κ3) is 14.1. The van der Waals surface area contributed by atoms with E-state index in [0.717, 1.165) is 56.1 Å². The number of benzene rings is 2. The number of anilines is 2. The average Bonchev–Trinajstić information content (AvgIpc) is 3.22. The maximum atomic E-state index is 13.3. The molecule has 304 valence electrons. The lowest BCUT2D eigenvalue weighted by molar-refractivity contribution is -0.148. The van der Waals surface area contributed by atoms with Crippen LogP contribution in [0.3, 0.4) is 0 Å². The van der Waals surface area contributed by atoms with E-state index in [9.17, 15) is 35.1 Å². The predicted molar refractivity (Wildman–Crippen MR) is 216 cm³/mol. The zero-order valence-corrected chi connectivity index (χ0v) is 31.0. The zero-order valence-electron chi connectivity index (χ0n) is 31.0. The Morgan fingerprint density at radius 1 is 0.661 bits per heavy atom. The molecule has 0 unspecified atom stereocenters. The number of aromatic nitrogens is 2. The number of hydrogen-bond acceptors (Lipinski definition) is 11. The van der Waals surface area contributed by atoms with Crippen molar-refractivity contribution < 1.29 is 40.2 Å². The summed E-state index contributed by atoms with van der Waals surface area (Å²) < 4.78 is 0. The molecule has 2 amide bonds. The third-order valence-corrected chi connectivity index (χ3v) is 9.56. The summed E-state index contributed by atoms with van der Waals surface area (Å²) in [6, 6.07) is 27.8. The number of nitrogens with zero attached hydrogens (tertiary/aromatic N) is 2. The SMILES string of the molecule is C.O=C(CCCCCCCCCCNC(=O)[C@H](O)[C@@H](O)[C@H](O)[C@H](O)CO)Nc1ccccc1[C@@H](Nc1ccccn1)[C@H](c1ccccn1)[C@H](O)c1ccccc1. The van der Waals surface area contributed by atoms with Crippen molar-refractivity contribution in [3.05, 3.63) is 120 Å². The van der Waals surface area contributed by atoms with Crippen molar-refractivity contribution in [2.75, 3.05) is 23.8 Å². The summed E-state index contributed by atoms with van der Waals surface area (Å²) in [5, 5.41) is 68.8. The smallest absolute Gasteiger partial charge is 0.251 e. The van der Waals surface area contributed by atoms with Crippen molar-refractivity contribution in [2.45, 2.75) is 108 Å². The Labute approximate surface area is 329 Å². The first-order chi connectivity index (χ1) is 26.7. The maximum Gasteiger partial charge on any atom is 0.251 e. The van der Waals surface area contributed by atoms with E-state index in [1.807, 2.05) is 91.0 Å². The highest BCUT2D eigenvalue weighted by atomic mass is 16.4. The number of carbonyl (C=O) groups excluding carboxylic acids is 2. The molecule has 2 heterocycles. The minimum Gasteiger partial charge on any atom is -0.394 e. The highest BCUT2D eigenvalue weighted by molar-refractivity contribution is 5.91. The molecule has 0 radical (unpaired) electrons. The van der Waals surface area contributed by atoms with Crippen LogP contribution < -0.4 is 16.0 Å². The van der Waals surface area contributed by atoms with Crippen LogP contribution in [0.15, 0.2) is 103 Å². The Morgan fingerprint density at radius 3 is 1.91 bits per heavy atom. The number of aliphatic hydroxyl groups is 6. The minimum atomic E-state index is -1.93. The molecule has 4 aromatic rings. The van der Waals surface area contributed by atoms with Gasteiger partial charge in [0.15, 0.2) is 6.10 Å². The number of rotatable bonds is 24. The monoisotopic (exact) mass is 773 g/mol. The van der Waals surface area contributed by atoms with Gasteiger partial charge in [-0.05, 0) is 54.3 Å². The highest BCUT2D eigenvalue weighted by Gasteiger charge is 2.36. The Balaban J connectivity index is 0.00000841. The van der Waals surface area contributed by atoms with Gasteiger partial charge in [0.25, 0.3) is 5.91 Å². The van der Waals surface area contributed by atoms with Crippen LogP contribution in [-0.4, -0.2) is 90.0 Å². The molecule has 2 aromatic carbocycles. The van der Waals surface area contributed by atoms with E-state index >= 15 is 0 Å². The second-order valence-electron chi connectivity index (χ2n) is 13.7. The van der Waals surface area contributed by atoms with E-state index < -0.39 is 55.0 Å². The second-order valence-corrected chi connectivity index (χ2v) is 13.7. The quantitative estimate of drug-likeness (QED) is 0.0442. The van der Waals surface area contributed by atoms with Crippen LogP contribution in [0.4, 0.5) is 11.5 Å². The molecule has 0 spiro atoms. The normalized spacial score (nSPS) is 14.9. The fourth-order valence-electron chi connectivity index (χ4n) is 6.47. The number of unbranched alkanes of at least 4 members (excludes halogenated alkanes) is 7. The molecular weight excluding hydrogens is 714 g/mol. The standard InChI is InChI=1S/C42H55N5O8.CH4/c48-28-33(49)39(52)40(53)41(54)42(55)45-27-15-6-4-2-1-3-5-10-24-35(50)46-31-21-12-11-20-30(31)37(47-34-23-14-17-26-44-34)36(32-22-13-16-25-43-32)38(51)29-18-8-7-9-19-29;/h7-9,11-14,16-23,25-26,33,36-41,48-49,51-54H,1-6,10,15,24,27-28H2,(H,44,47)(H,45,55)(H,46,50);1H4/t33-,36+,37-,38-,39-,40+,41-;/m1./s1. The highest BCUT2D eigenvalue weighted by Crippen LogP contribution is 2.43. The fraction of sp³-hybridized carbons (Fsp3) is 0.442. The van der Waals surface area contributed by atoms with Gasteiger partial charge in [0.1, 0.15) is 24.1 Å². The maximum absolute atomic E-state index is 13.3. The Kier molecular flexibility index (Phi) is 20.1. The topological polar surface area (TPSA) is 217 Å². The summed E-state index contributed by atoms with van der Waals surface area (Å²) >= 11 is 0. The number of nitrogens with one attached hydrogen (secondary N) is 3. The summed E-state index contributed by atoms with van der Waals surface area (Å²) in [7, 11) is 0. The van der Waals surface area contributed by atoms with Gasteiger partial charge in [-0.15, -0.1) is 0 Å². The number of carbonyl (C=O) groups is 2. The van der Waals surface area contributed by atoms with Gasteiger partial charge in [0, 0.05) is 36.7 Å². The molecule has 0 aliphatic rings. The van der Waals surface area contributed by atoms with Crippen molar-refractivity contribution in [3.8, 4) is 0 Å². The van der Waals surface area contributed by atoms with E-state index in [1.165, 1.54) is 0 Å². The molecule has 0 aliphatic heterocycles. The van der Waals surface area contributed by atoms with Gasteiger partial charge >= 0.3 is 0 Å². The van der Waals surface area contributed by atoms with Crippen LogP contribution >= 0.6 is 0 Å². The summed E-state index contributed by atoms with van der Waals surface area (Å²) in [4.78, 5) is 34.5. The van der Waals surface area contributed by atoms with Crippen molar-refractivity contribution in [2.24, 2.45) is 0 Å². The predicted octanol–water partition coefficient (Wildman–Crippen LogP) is 4.78. The Morgan fingerprint density at radius 2 is 1.27 bits per heavy atom. The molecule has 0 saturated heterocycles. The van der Waals surface area contributed by atoms with Crippen LogP contribution in [0.1, 0.15) is 100 Å². The average molecular weight is 774 g/mol. The van der Waals surface area contributed by atoms with Gasteiger partial charge in [0.2, 0.25) is 5.91 Å². The number of hydrogen-bond donors (Lipinski definition) is 9. The van der Waals surface area contributed by atoms with Crippen LogP contribution in [0.25, 0.3) is 0 Å². The van der Waals surface area contributed by atoms with Crippen LogP contribution in [0, 0.1) is 0 Å². The molecule has 0 fully saturated rings. The van der Waals surface area contributed by atoms with Gasteiger partial charge in [0.05, 0.1) is 24.7 Å². The summed E-state index contributed by atoms with van der Waals surface area (Å²) in [5.41, 5.74) is 2.86. The van der Waals surface area contributed by atoms with E-state index in [1.54, 1.807) is 12.4 Å². The summed E-state index contributed by atoms with van der Waals surface area (Å²) in [5.74, 6) is -0.892. The third-order valence-electron chi connectivity index (χ3n) is 9.56. The van der Waals surface area contributed by atoms with Gasteiger partial charge in [-0.1, -0.05) is 107 Å². The van der Waals surface area contributed by atoms with E-state index in [2.05, 4.69) is 25.9 Å². The molecule has 0 saturated carbocycles. The first-order valence-corrected chi connectivity index (χ1v) is 19.0. The minimum absolute atomic E-state index is 0. The molecular formula is C43H59N5O8. The molecule has 7 atom stereocenters. The van der Waals surface area contributed by atoms with E-state index in [-0.39, 0.29) is 19.9 Å². The number of aliphatic hydroxyl groups excluding tert-OH is 6. The molecule has 13 nitrogen and oxygen atoms in total. The van der Waals surface area contributed by atoms with Crippen molar-refractivity contribution in [1.82, 2.24) is 15.3 Å². The van der Waals surface area contributed by atoms with Gasteiger partial charge in [-0.2, -0.15) is 0 Å². The van der Waals surface area contributed by atoms with Gasteiger partial charge in [-0.25, -0.2) is 4.98 Å². The Bertz CT molecular complexity index is 1690. The fourth-order valence-corrected chi connectivity index (χ4v) is 6.47. The number of para-hydroxylation sites is 1. The second kappa shape index (κ2) is 24.7. The van der Waals surface area contributed by atoms with Gasteiger partial charge in [-0.3, -0.25) is 14.6 Å². The molecule has 0 bridgehead atoms. The first kappa shape index (κ1) is 45.6. The first-order valence-electron chi connectivity index (χ1n) is 19.0. The van der Waals surface area contributed by atoms with Crippen molar-refractivity contribution >= 4 is 23.3 Å². The molecule has 13 heteroatoms. The molecule has 2 aromatic heterocycles. The van der Waals surface area contributed by atoms with E-state index in [4.69, 9.17) is 5.11 Å². The number of amides is 2. The van der Waals surface area contributed by atoms with E-state index in [0.29, 0.717) is 30.0 Å². The van der Waals surface area contributed by atoms with Gasteiger partial charge < -0.3 is 46.6 Å². The lowest BCUT2D eigenvalue weighted by Gasteiger charge is -2.33. The molecule has 56 heavy (non-hydrogen) atoms. The summed E-state index contributed by atoms with van der Waals surface area (Å²) in [6.07, 6.45) is 2.55. The van der Waals surface area contributed by atoms with Crippen molar-refractivity contribution in [1.29, 1.82) is 0 Å². The Hall–Kier alpha value is -4.76. The van der Waals surface area contributed by atoms with Crippen LogP contribution in [-0.2, 0) is 9.59 Å². The largest absolute Gasteiger partial charge is 0.394 e. The summed E-state index contributed by atoms with van der Waals surface area (Å²) in [6.45, 7) is -0.529. The molecule has 9 N–H and O–H groups in total. The lowest BCUT2D eigenvalue weighted by Crippen LogP contribution is -2.51. The zero-order chi connectivity index (χ0) is 39.4. The van der Waals surface area contributed by atoms with Crippen LogP contribution in [0.2, 0.25) is 0 Å².